The lowest BCUT2D eigenvalue weighted by Crippen LogP contribution is -2.36. The van der Waals surface area contributed by atoms with Crippen LogP contribution in [0.5, 0.6) is 5.75 Å². The number of ether oxygens (including phenoxy) is 1. The van der Waals surface area contributed by atoms with Gasteiger partial charge < -0.3 is 4.74 Å². The van der Waals surface area contributed by atoms with Crippen LogP contribution in [-0.4, -0.2) is 33.5 Å². The fraction of sp³-hybridized carbons (Fsp3) is 0.467. The van der Waals surface area contributed by atoms with E-state index in [1.807, 2.05) is 49.3 Å². The highest BCUT2D eigenvalue weighted by Gasteiger charge is 2.28. The van der Waals surface area contributed by atoms with Gasteiger partial charge >= 0.3 is 0 Å². The molecule has 1 aromatic carbocycles. The maximum absolute atomic E-state index is 12.3. The number of methoxy groups -OCH3 is 1. The summed E-state index contributed by atoms with van der Waals surface area (Å²) in [5.74, 6) is 0.859. The van der Waals surface area contributed by atoms with Gasteiger partial charge in [0.1, 0.15) is 16.7 Å². The summed E-state index contributed by atoms with van der Waals surface area (Å²) in [7, 11) is 0.708. The zero-order valence-corrected chi connectivity index (χ0v) is 12.8. The van der Waals surface area contributed by atoms with Gasteiger partial charge in [0.15, 0.2) is 0 Å². The Morgan fingerprint density at radius 3 is 2.37 bits per heavy atom. The first-order valence-electron chi connectivity index (χ1n) is 6.42. The van der Waals surface area contributed by atoms with E-state index in [4.69, 9.17) is 4.74 Å². The Morgan fingerprint density at radius 1 is 1.21 bits per heavy atom. The Balaban J connectivity index is 2.07. The highest BCUT2D eigenvalue weighted by molar-refractivity contribution is 7.84. The molecule has 1 heterocycles. The maximum atomic E-state index is 12.3. The van der Waals surface area contributed by atoms with E-state index in [9.17, 15) is 4.21 Å². The first kappa shape index (κ1) is 14.3. The molecule has 104 valence electrons. The van der Waals surface area contributed by atoms with Gasteiger partial charge in [-0.15, -0.1) is 0 Å². The lowest BCUT2D eigenvalue weighted by atomic mass is 10.1. The summed E-state index contributed by atoms with van der Waals surface area (Å²) in [6, 6.07) is 8.02. The van der Waals surface area contributed by atoms with Gasteiger partial charge in [0, 0.05) is 13.1 Å². The molecular weight excluding hydrogens is 258 g/mol. The zero-order chi connectivity index (χ0) is 14.0. The predicted molar refractivity (Wildman–Crippen MR) is 80.4 cm³/mol. The second-order valence-corrected chi connectivity index (χ2v) is 7.88. The molecule has 0 amide bonds. The number of nitrogens with zero attached hydrogens (tertiary/aromatic N) is 1. The predicted octanol–water partition coefficient (Wildman–Crippen LogP) is 2.86. The molecule has 0 aliphatic carbocycles. The van der Waals surface area contributed by atoms with Gasteiger partial charge in [0.25, 0.3) is 0 Å². The third-order valence-electron chi connectivity index (χ3n) is 3.11. The van der Waals surface area contributed by atoms with Crippen LogP contribution in [0.25, 0.3) is 5.57 Å². The third kappa shape index (κ3) is 3.25. The molecular formula is C15H21NO2S. The molecule has 0 radical (unpaired) electrons. The number of benzene rings is 1. The summed E-state index contributed by atoms with van der Waals surface area (Å²) < 4.78 is 19.3. The summed E-state index contributed by atoms with van der Waals surface area (Å²) in [4.78, 5) is 0. The molecule has 0 spiro atoms. The average Bonchev–Trinajstić information content (AvgIpc) is 2.86. The Kier molecular flexibility index (Phi) is 4.11. The lowest BCUT2D eigenvalue weighted by molar-refractivity contribution is 0.415. The standard InChI is InChI=1S/C15H21NO2S/c1-15(2,3)19(17)16-10-9-13(11-16)12-5-7-14(18-4)8-6-12/h5-9H,10-11H2,1-4H3. The highest BCUT2D eigenvalue weighted by Crippen LogP contribution is 2.26. The molecule has 1 aliphatic heterocycles. The molecule has 1 aromatic rings. The summed E-state index contributed by atoms with van der Waals surface area (Å²) >= 11 is 0. The van der Waals surface area contributed by atoms with Crippen molar-refractivity contribution in [3.8, 4) is 5.75 Å². The van der Waals surface area contributed by atoms with Crippen LogP contribution in [0.4, 0.5) is 0 Å². The molecule has 2 rings (SSSR count). The molecule has 0 aromatic heterocycles. The van der Waals surface area contributed by atoms with Crippen molar-refractivity contribution in [2.45, 2.75) is 25.5 Å². The van der Waals surface area contributed by atoms with E-state index < -0.39 is 11.0 Å². The fourth-order valence-electron chi connectivity index (χ4n) is 2.06. The monoisotopic (exact) mass is 279 g/mol. The van der Waals surface area contributed by atoms with E-state index in [1.165, 1.54) is 11.1 Å². The summed E-state index contributed by atoms with van der Waals surface area (Å²) in [6.07, 6.45) is 2.16. The highest BCUT2D eigenvalue weighted by atomic mass is 32.2. The van der Waals surface area contributed by atoms with Gasteiger partial charge in [0.2, 0.25) is 0 Å². The van der Waals surface area contributed by atoms with Crippen LogP contribution in [0.1, 0.15) is 26.3 Å². The Labute approximate surface area is 117 Å². The number of rotatable bonds is 3. The van der Waals surface area contributed by atoms with Gasteiger partial charge in [-0.2, -0.15) is 0 Å². The topological polar surface area (TPSA) is 29.5 Å². The van der Waals surface area contributed by atoms with Crippen LogP contribution in [0.15, 0.2) is 30.3 Å². The second kappa shape index (κ2) is 5.47. The molecule has 1 aliphatic rings. The Bertz CT molecular complexity index is 500. The van der Waals surface area contributed by atoms with Crippen molar-refractivity contribution in [1.29, 1.82) is 0 Å². The van der Waals surface area contributed by atoms with E-state index in [0.717, 1.165) is 18.8 Å². The molecule has 0 saturated carbocycles. The average molecular weight is 279 g/mol. The molecule has 1 atom stereocenters. The van der Waals surface area contributed by atoms with Crippen molar-refractivity contribution >= 4 is 16.6 Å². The smallest absolute Gasteiger partial charge is 0.118 e. The van der Waals surface area contributed by atoms with Gasteiger partial charge in [-0.1, -0.05) is 18.2 Å². The fourth-order valence-corrected chi connectivity index (χ4v) is 3.30. The largest absolute Gasteiger partial charge is 0.497 e. The minimum atomic E-state index is -0.957. The van der Waals surface area contributed by atoms with Crippen LogP contribution in [0.2, 0.25) is 0 Å². The van der Waals surface area contributed by atoms with Gasteiger partial charge in [-0.05, 0) is 44.0 Å². The lowest BCUT2D eigenvalue weighted by Gasteiger charge is -2.25. The number of hydrogen-bond donors (Lipinski definition) is 0. The van der Waals surface area contributed by atoms with Crippen LogP contribution >= 0.6 is 0 Å². The minimum absolute atomic E-state index is 0.205. The van der Waals surface area contributed by atoms with E-state index in [2.05, 4.69) is 6.08 Å². The SMILES string of the molecule is COc1ccc(C2=CCN(S(=O)C(C)(C)C)C2)cc1. The van der Waals surface area contributed by atoms with Crippen molar-refractivity contribution in [3.05, 3.63) is 35.9 Å². The zero-order valence-electron chi connectivity index (χ0n) is 12.0. The van der Waals surface area contributed by atoms with Crippen LogP contribution in [0.3, 0.4) is 0 Å². The van der Waals surface area contributed by atoms with Crippen molar-refractivity contribution < 1.29 is 8.95 Å². The van der Waals surface area contributed by atoms with Crippen molar-refractivity contribution in [1.82, 2.24) is 4.31 Å². The molecule has 0 bridgehead atoms. The van der Waals surface area contributed by atoms with Gasteiger partial charge in [-0.25, -0.2) is 8.51 Å². The Morgan fingerprint density at radius 2 is 1.84 bits per heavy atom. The van der Waals surface area contributed by atoms with Crippen LogP contribution < -0.4 is 4.74 Å². The molecule has 3 nitrogen and oxygen atoms in total. The van der Waals surface area contributed by atoms with Crippen molar-refractivity contribution in [2.24, 2.45) is 0 Å². The first-order valence-corrected chi connectivity index (χ1v) is 7.53. The Hall–Kier alpha value is -1.13. The van der Waals surface area contributed by atoms with Crippen LogP contribution in [0, 0.1) is 0 Å². The van der Waals surface area contributed by atoms with Crippen molar-refractivity contribution in [3.63, 3.8) is 0 Å². The van der Waals surface area contributed by atoms with E-state index in [1.54, 1.807) is 7.11 Å². The maximum Gasteiger partial charge on any atom is 0.118 e. The molecule has 0 N–H and O–H groups in total. The molecule has 0 fully saturated rings. The van der Waals surface area contributed by atoms with Gasteiger partial charge in [-0.3, -0.25) is 0 Å². The number of hydrogen-bond acceptors (Lipinski definition) is 2. The minimum Gasteiger partial charge on any atom is -0.497 e. The van der Waals surface area contributed by atoms with E-state index in [0.29, 0.717) is 0 Å². The molecule has 0 saturated heterocycles. The third-order valence-corrected chi connectivity index (χ3v) is 4.90. The quantitative estimate of drug-likeness (QED) is 0.851. The second-order valence-electron chi connectivity index (χ2n) is 5.64. The molecule has 19 heavy (non-hydrogen) atoms. The molecule has 4 heteroatoms. The van der Waals surface area contributed by atoms with E-state index >= 15 is 0 Å². The van der Waals surface area contributed by atoms with Crippen LogP contribution in [-0.2, 0) is 11.0 Å². The first-order chi connectivity index (χ1) is 8.91. The molecule has 1 unspecified atom stereocenters. The van der Waals surface area contributed by atoms with Crippen molar-refractivity contribution in [2.75, 3.05) is 20.2 Å². The summed E-state index contributed by atoms with van der Waals surface area (Å²) in [5, 5.41) is 0. The summed E-state index contributed by atoms with van der Waals surface area (Å²) in [6.45, 7) is 7.53. The van der Waals surface area contributed by atoms with E-state index in [-0.39, 0.29) is 4.75 Å². The van der Waals surface area contributed by atoms with Gasteiger partial charge in [0.05, 0.1) is 11.9 Å². The normalized spacial score (nSPS) is 18.2. The summed E-state index contributed by atoms with van der Waals surface area (Å²) in [5.41, 5.74) is 2.41.